The maximum absolute atomic E-state index is 12.0. The highest BCUT2D eigenvalue weighted by atomic mass is 32.2. The molecular formula is C11H14N4OS3. The number of carbonyl (C=O) groups excluding carboxylic acids is 1. The summed E-state index contributed by atoms with van der Waals surface area (Å²) in [5.74, 6) is 0.483. The lowest BCUT2D eigenvalue weighted by atomic mass is 10.3. The van der Waals surface area contributed by atoms with E-state index in [0.717, 1.165) is 9.47 Å². The second-order valence-corrected chi connectivity index (χ2v) is 6.77. The second-order valence-electron chi connectivity index (χ2n) is 3.79. The predicted molar refractivity (Wildman–Crippen MR) is 81.0 cm³/mol. The monoisotopic (exact) mass is 314 g/mol. The van der Waals surface area contributed by atoms with Crippen LogP contribution in [0.5, 0.6) is 0 Å². The zero-order valence-corrected chi connectivity index (χ0v) is 13.1. The molecule has 0 aliphatic carbocycles. The van der Waals surface area contributed by atoms with E-state index in [0.29, 0.717) is 12.3 Å². The average molecular weight is 314 g/mol. The van der Waals surface area contributed by atoms with Gasteiger partial charge in [-0.1, -0.05) is 23.1 Å². The maximum Gasteiger partial charge on any atom is 0.233 e. The first-order valence-electron chi connectivity index (χ1n) is 5.58. The molecule has 0 bridgehead atoms. The molecule has 0 spiro atoms. The number of thioether (sulfide) groups is 1. The van der Waals surface area contributed by atoms with Gasteiger partial charge in [0.2, 0.25) is 11.0 Å². The van der Waals surface area contributed by atoms with Crippen LogP contribution in [0.4, 0.5) is 5.13 Å². The minimum absolute atomic E-state index is 0.0948. The molecule has 2 aromatic heterocycles. The van der Waals surface area contributed by atoms with Crippen molar-refractivity contribution in [1.82, 2.24) is 15.1 Å². The van der Waals surface area contributed by atoms with E-state index in [1.807, 2.05) is 18.5 Å². The first-order chi connectivity index (χ1) is 9.19. The minimum atomic E-state index is 0.0948. The van der Waals surface area contributed by atoms with Crippen LogP contribution in [0.15, 0.2) is 21.2 Å². The number of rotatable bonds is 6. The van der Waals surface area contributed by atoms with Gasteiger partial charge in [-0.2, -0.15) is 11.3 Å². The molecule has 19 heavy (non-hydrogen) atoms. The number of thiophene rings is 1. The SMILES string of the molecule is CNc1nnc(SCC(=O)N(C)Cc2ccsc2)s1. The van der Waals surface area contributed by atoms with Crippen molar-refractivity contribution in [1.29, 1.82) is 0 Å². The van der Waals surface area contributed by atoms with E-state index in [2.05, 4.69) is 20.9 Å². The molecule has 8 heteroatoms. The molecule has 2 rings (SSSR count). The topological polar surface area (TPSA) is 58.1 Å². The van der Waals surface area contributed by atoms with E-state index in [1.165, 1.54) is 28.7 Å². The summed E-state index contributed by atoms with van der Waals surface area (Å²) in [6, 6.07) is 2.03. The third kappa shape index (κ3) is 4.19. The molecule has 0 fully saturated rings. The lowest BCUT2D eigenvalue weighted by Crippen LogP contribution is -2.27. The highest BCUT2D eigenvalue weighted by Gasteiger charge is 2.12. The van der Waals surface area contributed by atoms with Crippen molar-refractivity contribution >= 4 is 45.5 Å². The van der Waals surface area contributed by atoms with Gasteiger partial charge in [-0.05, 0) is 22.4 Å². The molecule has 2 heterocycles. The Hall–Kier alpha value is -1.12. The van der Waals surface area contributed by atoms with Crippen molar-refractivity contribution in [2.45, 2.75) is 10.9 Å². The van der Waals surface area contributed by atoms with Crippen LogP contribution in [0.3, 0.4) is 0 Å². The third-order valence-electron chi connectivity index (χ3n) is 2.37. The standard InChI is InChI=1S/C11H14N4OS3/c1-12-10-13-14-11(19-10)18-7-9(16)15(2)5-8-3-4-17-6-8/h3-4,6H,5,7H2,1-2H3,(H,12,13). The molecule has 0 saturated carbocycles. The van der Waals surface area contributed by atoms with Crippen LogP contribution in [0.1, 0.15) is 5.56 Å². The van der Waals surface area contributed by atoms with Gasteiger partial charge in [0, 0.05) is 20.6 Å². The van der Waals surface area contributed by atoms with Gasteiger partial charge in [0.1, 0.15) is 0 Å². The quantitative estimate of drug-likeness (QED) is 0.830. The van der Waals surface area contributed by atoms with Crippen molar-refractivity contribution in [2.75, 3.05) is 25.2 Å². The Labute approximate surface area is 124 Å². The molecular weight excluding hydrogens is 300 g/mol. The van der Waals surface area contributed by atoms with Crippen LogP contribution in [0.2, 0.25) is 0 Å². The van der Waals surface area contributed by atoms with Gasteiger partial charge in [0.25, 0.3) is 0 Å². The fraction of sp³-hybridized carbons (Fsp3) is 0.364. The number of amides is 1. The molecule has 0 atom stereocenters. The Morgan fingerprint density at radius 2 is 2.37 bits per heavy atom. The summed E-state index contributed by atoms with van der Waals surface area (Å²) < 4.78 is 0.807. The molecule has 0 saturated heterocycles. The van der Waals surface area contributed by atoms with Gasteiger partial charge >= 0.3 is 0 Å². The normalized spacial score (nSPS) is 10.4. The van der Waals surface area contributed by atoms with E-state index in [9.17, 15) is 4.79 Å². The molecule has 2 aromatic rings. The summed E-state index contributed by atoms with van der Waals surface area (Å²) in [6.45, 7) is 0.654. The molecule has 1 N–H and O–H groups in total. The van der Waals surface area contributed by atoms with Crippen LogP contribution in [-0.4, -0.2) is 40.9 Å². The number of hydrogen-bond donors (Lipinski definition) is 1. The Balaban J connectivity index is 1.80. The van der Waals surface area contributed by atoms with Crippen molar-refractivity contribution in [2.24, 2.45) is 0 Å². The summed E-state index contributed by atoms with van der Waals surface area (Å²) in [6.07, 6.45) is 0. The summed E-state index contributed by atoms with van der Waals surface area (Å²) in [5, 5.41) is 15.7. The summed E-state index contributed by atoms with van der Waals surface area (Å²) >= 11 is 4.52. The highest BCUT2D eigenvalue weighted by molar-refractivity contribution is 8.01. The molecule has 0 aliphatic heterocycles. The molecule has 0 unspecified atom stereocenters. The number of nitrogens with one attached hydrogen (secondary N) is 1. The second kappa shape index (κ2) is 6.88. The first kappa shape index (κ1) is 14.3. The Bertz CT molecular complexity index is 526. The lowest BCUT2D eigenvalue weighted by molar-refractivity contribution is -0.127. The fourth-order valence-electron chi connectivity index (χ4n) is 1.35. The molecule has 0 aromatic carbocycles. The van der Waals surface area contributed by atoms with E-state index in [1.54, 1.807) is 23.3 Å². The van der Waals surface area contributed by atoms with Crippen LogP contribution in [0, 0.1) is 0 Å². The van der Waals surface area contributed by atoms with E-state index in [-0.39, 0.29) is 5.91 Å². The number of carbonyl (C=O) groups is 1. The first-order valence-corrected chi connectivity index (χ1v) is 8.32. The van der Waals surface area contributed by atoms with E-state index in [4.69, 9.17) is 0 Å². The van der Waals surface area contributed by atoms with Crippen molar-refractivity contribution in [3.05, 3.63) is 22.4 Å². The van der Waals surface area contributed by atoms with Gasteiger partial charge in [-0.3, -0.25) is 4.79 Å². The highest BCUT2D eigenvalue weighted by Crippen LogP contribution is 2.25. The molecule has 5 nitrogen and oxygen atoms in total. The van der Waals surface area contributed by atoms with Crippen molar-refractivity contribution in [3.8, 4) is 0 Å². The van der Waals surface area contributed by atoms with Gasteiger partial charge in [0.05, 0.1) is 5.75 Å². The van der Waals surface area contributed by atoms with Crippen molar-refractivity contribution < 1.29 is 4.79 Å². The largest absolute Gasteiger partial charge is 0.363 e. The van der Waals surface area contributed by atoms with Crippen LogP contribution in [0.25, 0.3) is 0 Å². The Kier molecular flexibility index (Phi) is 5.17. The minimum Gasteiger partial charge on any atom is -0.363 e. The third-order valence-corrected chi connectivity index (χ3v) is 5.16. The summed E-state index contributed by atoms with van der Waals surface area (Å²) in [5.41, 5.74) is 1.17. The fourth-order valence-corrected chi connectivity index (χ4v) is 3.65. The van der Waals surface area contributed by atoms with Crippen LogP contribution >= 0.6 is 34.4 Å². The number of anilines is 1. The molecule has 102 valence electrons. The van der Waals surface area contributed by atoms with E-state index >= 15 is 0 Å². The Morgan fingerprint density at radius 1 is 1.53 bits per heavy atom. The smallest absolute Gasteiger partial charge is 0.233 e. The number of aromatic nitrogens is 2. The van der Waals surface area contributed by atoms with Gasteiger partial charge in [-0.15, -0.1) is 10.2 Å². The summed E-state index contributed by atoms with van der Waals surface area (Å²) in [4.78, 5) is 13.7. The zero-order valence-electron chi connectivity index (χ0n) is 10.6. The van der Waals surface area contributed by atoms with Crippen LogP contribution in [-0.2, 0) is 11.3 Å². The summed E-state index contributed by atoms with van der Waals surface area (Å²) in [7, 11) is 3.62. The number of nitrogens with zero attached hydrogens (tertiary/aromatic N) is 3. The molecule has 1 amide bonds. The van der Waals surface area contributed by atoms with Crippen molar-refractivity contribution in [3.63, 3.8) is 0 Å². The zero-order chi connectivity index (χ0) is 13.7. The molecule has 0 aliphatic rings. The van der Waals surface area contributed by atoms with Gasteiger partial charge in [-0.25, -0.2) is 0 Å². The average Bonchev–Trinajstić information content (AvgIpc) is 3.06. The lowest BCUT2D eigenvalue weighted by Gasteiger charge is -2.15. The van der Waals surface area contributed by atoms with Crippen LogP contribution < -0.4 is 5.32 Å². The van der Waals surface area contributed by atoms with Gasteiger partial charge in [0.15, 0.2) is 4.34 Å². The van der Waals surface area contributed by atoms with E-state index < -0.39 is 0 Å². The maximum atomic E-state index is 12.0. The predicted octanol–water partition coefficient (Wildman–Crippen LogP) is 2.39. The Morgan fingerprint density at radius 3 is 3.00 bits per heavy atom. The number of hydrogen-bond acceptors (Lipinski definition) is 7. The van der Waals surface area contributed by atoms with Gasteiger partial charge < -0.3 is 10.2 Å². The molecule has 0 radical (unpaired) electrons.